The molecule has 1 N–H and O–H groups in total. The molecular formula is C26H29NO3S. The zero-order valence-electron chi connectivity index (χ0n) is 18.2. The minimum Gasteiger partial charge on any atom is -0.395 e. The molecule has 1 heterocycles. The molecule has 0 spiro atoms. The lowest BCUT2D eigenvalue weighted by atomic mass is 9.81. The van der Waals surface area contributed by atoms with Crippen molar-refractivity contribution in [2.24, 2.45) is 0 Å². The molecule has 0 aliphatic heterocycles. The molecule has 4 nitrogen and oxygen atoms in total. The first-order chi connectivity index (χ1) is 14.7. The molecule has 1 aromatic heterocycles. The van der Waals surface area contributed by atoms with E-state index in [4.69, 9.17) is 5.11 Å². The number of sulfone groups is 1. The highest BCUT2D eigenvalue weighted by Gasteiger charge is 2.42. The van der Waals surface area contributed by atoms with E-state index in [1.807, 2.05) is 30.5 Å². The number of hydrogen-bond acceptors (Lipinski definition) is 4. The second-order valence-corrected chi connectivity index (χ2v) is 11.4. The highest BCUT2D eigenvalue weighted by molar-refractivity contribution is 7.91. The van der Waals surface area contributed by atoms with Gasteiger partial charge in [-0.1, -0.05) is 57.2 Å². The van der Waals surface area contributed by atoms with Gasteiger partial charge in [0.2, 0.25) is 0 Å². The Kier molecular flexibility index (Phi) is 5.75. The monoisotopic (exact) mass is 435 g/mol. The molecule has 5 heteroatoms. The number of benzene rings is 2. The Balaban J connectivity index is 1.69. The number of nitrogens with zero attached hydrogens (tertiary/aromatic N) is 1. The van der Waals surface area contributed by atoms with Crippen LogP contribution in [0.5, 0.6) is 0 Å². The molecule has 0 saturated heterocycles. The van der Waals surface area contributed by atoms with Crippen LogP contribution >= 0.6 is 0 Å². The summed E-state index contributed by atoms with van der Waals surface area (Å²) in [6.07, 6.45) is 2.96. The molecule has 1 saturated carbocycles. The Hall–Kier alpha value is -2.50. The van der Waals surface area contributed by atoms with Gasteiger partial charge in [-0.2, -0.15) is 0 Å². The zero-order valence-corrected chi connectivity index (χ0v) is 19.1. The van der Waals surface area contributed by atoms with Gasteiger partial charge in [-0.05, 0) is 64.3 Å². The second-order valence-electron chi connectivity index (χ2n) is 9.32. The van der Waals surface area contributed by atoms with Crippen molar-refractivity contribution in [3.05, 3.63) is 83.7 Å². The average Bonchev–Trinajstić information content (AvgIpc) is 3.54. The van der Waals surface area contributed by atoms with E-state index < -0.39 is 9.84 Å². The molecular weight excluding hydrogens is 406 g/mol. The van der Waals surface area contributed by atoms with Crippen molar-refractivity contribution in [2.75, 3.05) is 12.4 Å². The van der Waals surface area contributed by atoms with Gasteiger partial charge in [0.15, 0.2) is 9.84 Å². The van der Waals surface area contributed by atoms with E-state index >= 15 is 0 Å². The molecule has 4 rings (SSSR count). The SMILES string of the molecule is CC(C)(C)c1ccc(-c2ccc(S(=O)(=O)CCO)cc2)cc1C1CC1c1ccccn1. The molecule has 0 amide bonds. The highest BCUT2D eigenvalue weighted by Crippen LogP contribution is 2.56. The number of rotatable bonds is 6. The fraction of sp³-hybridized carbons (Fsp3) is 0.346. The van der Waals surface area contributed by atoms with Gasteiger partial charge >= 0.3 is 0 Å². The van der Waals surface area contributed by atoms with Crippen molar-refractivity contribution >= 4 is 9.84 Å². The molecule has 2 atom stereocenters. The van der Waals surface area contributed by atoms with E-state index in [0.717, 1.165) is 23.2 Å². The number of aliphatic hydroxyl groups is 1. The Morgan fingerprint density at radius 3 is 2.29 bits per heavy atom. The van der Waals surface area contributed by atoms with Crippen molar-refractivity contribution < 1.29 is 13.5 Å². The van der Waals surface area contributed by atoms with Gasteiger partial charge in [-0.25, -0.2) is 8.42 Å². The minimum atomic E-state index is -3.44. The van der Waals surface area contributed by atoms with Crippen LogP contribution < -0.4 is 0 Å². The van der Waals surface area contributed by atoms with Gasteiger partial charge in [0.1, 0.15) is 0 Å². The molecule has 31 heavy (non-hydrogen) atoms. The highest BCUT2D eigenvalue weighted by atomic mass is 32.2. The van der Waals surface area contributed by atoms with Gasteiger partial charge in [0, 0.05) is 17.8 Å². The van der Waals surface area contributed by atoms with E-state index in [1.54, 1.807) is 12.1 Å². The van der Waals surface area contributed by atoms with Crippen molar-refractivity contribution in [3.8, 4) is 11.1 Å². The van der Waals surface area contributed by atoms with Crippen molar-refractivity contribution in [1.82, 2.24) is 4.98 Å². The van der Waals surface area contributed by atoms with Crippen LogP contribution in [-0.4, -0.2) is 30.9 Å². The first-order valence-electron chi connectivity index (χ1n) is 10.7. The number of hydrogen-bond donors (Lipinski definition) is 1. The first kappa shape index (κ1) is 21.7. The third-order valence-corrected chi connectivity index (χ3v) is 7.73. The van der Waals surface area contributed by atoms with E-state index in [0.29, 0.717) is 11.8 Å². The van der Waals surface area contributed by atoms with Gasteiger partial charge in [0.05, 0.1) is 17.3 Å². The molecule has 1 aliphatic carbocycles. The van der Waals surface area contributed by atoms with Crippen LogP contribution in [0.1, 0.15) is 55.8 Å². The predicted molar refractivity (Wildman–Crippen MR) is 124 cm³/mol. The smallest absolute Gasteiger partial charge is 0.180 e. The van der Waals surface area contributed by atoms with Crippen molar-refractivity contribution in [1.29, 1.82) is 0 Å². The topological polar surface area (TPSA) is 67.3 Å². The minimum absolute atomic E-state index is 0.0351. The van der Waals surface area contributed by atoms with Crippen LogP contribution in [0.25, 0.3) is 11.1 Å². The number of aromatic nitrogens is 1. The second kappa shape index (κ2) is 8.21. The normalized spacial score (nSPS) is 18.7. The van der Waals surface area contributed by atoms with Crippen LogP contribution in [-0.2, 0) is 15.3 Å². The van der Waals surface area contributed by atoms with Crippen LogP contribution in [0.15, 0.2) is 71.8 Å². The summed E-state index contributed by atoms with van der Waals surface area (Å²) in [7, 11) is -3.44. The lowest BCUT2D eigenvalue weighted by Crippen LogP contribution is -2.14. The zero-order chi connectivity index (χ0) is 22.2. The fourth-order valence-electron chi connectivity index (χ4n) is 4.29. The van der Waals surface area contributed by atoms with Crippen molar-refractivity contribution in [2.45, 2.75) is 49.3 Å². The van der Waals surface area contributed by atoms with E-state index in [1.165, 1.54) is 11.1 Å². The van der Waals surface area contributed by atoms with Gasteiger partial charge in [-0.3, -0.25) is 4.98 Å². The van der Waals surface area contributed by atoms with Crippen molar-refractivity contribution in [3.63, 3.8) is 0 Å². The molecule has 1 aliphatic rings. The summed E-state index contributed by atoms with van der Waals surface area (Å²) in [6.45, 7) is 6.35. The fourth-order valence-corrected chi connectivity index (χ4v) is 5.31. The average molecular weight is 436 g/mol. The summed E-state index contributed by atoms with van der Waals surface area (Å²) >= 11 is 0. The van der Waals surface area contributed by atoms with E-state index in [-0.39, 0.29) is 22.7 Å². The molecule has 1 fully saturated rings. The molecule has 0 bridgehead atoms. The lowest BCUT2D eigenvalue weighted by molar-refractivity contribution is 0.319. The largest absolute Gasteiger partial charge is 0.395 e. The Bertz CT molecular complexity index is 1160. The molecule has 2 unspecified atom stereocenters. The van der Waals surface area contributed by atoms with E-state index in [2.05, 4.69) is 50.0 Å². The summed E-state index contributed by atoms with van der Waals surface area (Å²) in [5, 5.41) is 9.00. The third-order valence-electron chi connectivity index (χ3n) is 6.02. The van der Waals surface area contributed by atoms with Crippen LogP contribution in [0.2, 0.25) is 0 Å². The number of pyridine rings is 1. The maximum absolute atomic E-state index is 12.2. The summed E-state index contributed by atoms with van der Waals surface area (Å²) in [4.78, 5) is 4.81. The predicted octanol–water partition coefficient (Wildman–Crippen LogP) is 5.08. The Morgan fingerprint density at radius 1 is 0.968 bits per heavy atom. The maximum atomic E-state index is 12.2. The van der Waals surface area contributed by atoms with Crippen LogP contribution in [0.3, 0.4) is 0 Å². The Labute approximate surface area is 184 Å². The summed E-state index contributed by atoms with van der Waals surface area (Å²) in [6, 6.07) is 19.7. The van der Waals surface area contributed by atoms with Gasteiger partial charge in [0.25, 0.3) is 0 Å². The first-order valence-corrected chi connectivity index (χ1v) is 12.4. The quantitative estimate of drug-likeness (QED) is 0.586. The maximum Gasteiger partial charge on any atom is 0.180 e. The lowest BCUT2D eigenvalue weighted by Gasteiger charge is -2.24. The third kappa shape index (κ3) is 4.58. The molecule has 0 radical (unpaired) electrons. The Morgan fingerprint density at radius 2 is 1.68 bits per heavy atom. The van der Waals surface area contributed by atoms with Crippen LogP contribution in [0.4, 0.5) is 0 Å². The summed E-state index contributed by atoms with van der Waals surface area (Å²) in [5.74, 6) is 0.643. The number of aliphatic hydroxyl groups excluding tert-OH is 1. The molecule has 3 aromatic rings. The molecule has 2 aromatic carbocycles. The summed E-state index contributed by atoms with van der Waals surface area (Å²) < 4.78 is 24.4. The van der Waals surface area contributed by atoms with Gasteiger partial charge in [-0.15, -0.1) is 0 Å². The van der Waals surface area contributed by atoms with Crippen LogP contribution in [0, 0.1) is 0 Å². The van der Waals surface area contributed by atoms with E-state index in [9.17, 15) is 8.42 Å². The summed E-state index contributed by atoms with van der Waals surface area (Å²) in [5.41, 5.74) is 5.96. The molecule has 162 valence electrons. The standard InChI is InChI=1S/C26H29NO3S/c1-26(2,3)24-12-9-19(18-7-10-20(11-8-18)31(29,30)15-14-28)16-22(24)21-17-23(21)25-6-4-5-13-27-25/h4-13,16,21,23,28H,14-15,17H2,1-3H3. The van der Waals surface area contributed by atoms with Gasteiger partial charge < -0.3 is 5.11 Å².